The van der Waals surface area contributed by atoms with E-state index in [2.05, 4.69) is 4.98 Å². The first-order valence-electron chi connectivity index (χ1n) is 9.72. The van der Waals surface area contributed by atoms with E-state index in [9.17, 15) is 10.0 Å². The van der Waals surface area contributed by atoms with Crippen LogP contribution >= 0.6 is 0 Å². The molecule has 27 heavy (non-hydrogen) atoms. The van der Waals surface area contributed by atoms with Gasteiger partial charge in [0.15, 0.2) is 0 Å². The Morgan fingerprint density at radius 1 is 1.19 bits per heavy atom. The Morgan fingerprint density at radius 2 is 1.93 bits per heavy atom. The van der Waals surface area contributed by atoms with Crippen molar-refractivity contribution in [1.29, 1.82) is 0 Å². The minimum atomic E-state index is -0.312. The first kappa shape index (κ1) is 19.4. The highest BCUT2D eigenvalue weighted by atomic mass is 16.5. The second-order valence-corrected chi connectivity index (χ2v) is 7.33. The molecule has 1 heterocycles. The number of aromatic nitrogens is 1. The molecule has 3 rings (SSSR count). The van der Waals surface area contributed by atoms with Gasteiger partial charge in [-0.15, -0.1) is 0 Å². The van der Waals surface area contributed by atoms with E-state index in [1.165, 1.54) is 39.2 Å². The van der Waals surface area contributed by atoms with Gasteiger partial charge in [-0.2, -0.15) is 0 Å². The number of likely N-dealkylation sites (N-methyl/N-ethyl adjacent to an activating group) is 1. The number of carbonyl (C=O) groups is 1. The number of benzene rings is 1. The molecule has 1 aliphatic carbocycles. The summed E-state index contributed by atoms with van der Waals surface area (Å²) in [5, 5.41) is 10.4. The lowest BCUT2D eigenvalue weighted by Crippen LogP contribution is -2.30. The maximum Gasteiger partial charge on any atom is 0.253 e. The van der Waals surface area contributed by atoms with E-state index < -0.39 is 0 Å². The zero-order valence-corrected chi connectivity index (χ0v) is 15.9. The average molecular weight is 368 g/mol. The Labute approximate surface area is 160 Å². The van der Waals surface area contributed by atoms with Crippen molar-refractivity contribution in [2.75, 3.05) is 7.05 Å². The van der Waals surface area contributed by atoms with Gasteiger partial charge in [0.05, 0.1) is 11.6 Å². The molecule has 1 aliphatic rings. The van der Waals surface area contributed by atoms with E-state index in [4.69, 9.17) is 4.74 Å². The Morgan fingerprint density at radius 3 is 2.56 bits per heavy atom. The van der Waals surface area contributed by atoms with Crippen molar-refractivity contribution >= 4 is 5.91 Å². The lowest BCUT2D eigenvalue weighted by atomic mass is 9.80. The van der Waals surface area contributed by atoms with Crippen molar-refractivity contribution in [3.8, 4) is 5.75 Å². The SMILES string of the molecule is CN(O)C(=O)C(CC1CCCCC1)c1ccc(OCc2ccccn2)cc1. The fourth-order valence-electron chi connectivity index (χ4n) is 3.80. The molecule has 0 bridgehead atoms. The van der Waals surface area contributed by atoms with Crippen LogP contribution in [-0.4, -0.2) is 28.2 Å². The summed E-state index contributed by atoms with van der Waals surface area (Å²) >= 11 is 0. The largest absolute Gasteiger partial charge is 0.487 e. The van der Waals surface area contributed by atoms with Gasteiger partial charge in [-0.25, -0.2) is 5.06 Å². The predicted octanol–water partition coefficient (Wildman–Crippen LogP) is 4.56. The molecule has 1 amide bonds. The highest BCUT2D eigenvalue weighted by molar-refractivity contribution is 5.82. The minimum Gasteiger partial charge on any atom is -0.487 e. The molecule has 0 aliphatic heterocycles. The highest BCUT2D eigenvalue weighted by Gasteiger charge is 2.27. The third kappa shape index (κ3) is 5.54. The standard InChI is InChI=1S/C22H28N2O3/c1-24(26)22(25)21(15-17-7-3-2-4-8-17)18-10-12-20(13-11-18)27-16-19-9-5-6-14-23-19/h5-6,9-14,17,21,26H,2-4,7-8,15-16H2,1H3. The molecule has 0 spiro atoms. The van der Waals surface area contributed by atoms with Crippen LogP contribution in [0, 0.1) is 5.92 Å². The molecule has 144 valence electrons. The van der Waals surface area contributed by atoms with Crippen molar-refractivity contribution < 1.29 is 14.7 Å². The summed E-state index contributed by atoms with van der Waals surface area (Å²) in [7, 11) is 1.40. The van der Waals surface area contributed by atoms with Crippen molar-refractivity contribution in [1.82, 2.24) is 10.0 Å². The Bertz CT molecular complexity index is 710. The van der Waals surface area contributed by atoms with E-state index in [0.29, 0.717) is 12.5 Å². The molecule has 1 unspecified atom stereocenters. The van der Waals surface area contributed by atoms with Crippen molar-refractivity contribution in [2.45, 2.75) is 51.0 Å². The normalized spacial score (nSPS) is 15.9. The van der Waals surface area contributed by atoms with Gasteiger partial charge in [0.1, 0.15) is 12.4 Å². The number of pyridine rings is 1. The van der Waals surface area contributed by atoms with Crippen LogP contribution in [0.5, 0.6) is 5.75 Å². The van der Waals surface area contributed by atoms with Crippen LogP contribution in [0.15, 0.2) is 48.7 Å². The number of rotatable bonds is 7. The molecule has 5 heteroatoms. The molecule has 1 saturated carbocycles. The molecule has 1 atom stereocenters. The second-order valence-electron chi connectivity index (χ2n) is 7.33. The van der Waals surface area contributed by atoms with Gasteiger partial charge in [0.25, 0.3) is 5.91 Å². The summed E-state index contributed by atoms with van der Waals surface area (Å²) in [4.78, 5) is 16.8. The minimum absolute atomic E-state index is 0.247. The smallest absolute Gasteiger partial charge is 0.253 e. The summed E-state index contributed by atoms with van der Waals surface area (Å²) < 4.78 is 5.78. The van der Waals surface area contributed by atoms with Crippen LogP contribution in [-0.2, 0) is 11.4 Å². The van der Waals surface area contributed by atoms with Gasteiger partial charge in [-0.1, -0.05) is 50.3 Å². The topological polar surface area (TPSA) is 62.7 Å². The number of hydrogen-bond acceptors (Lipinski definition) is 4. The fraction of sp³-hybridized carbons (Fsp3) is 0.455. The number of ether oxygens (including phenoxy) is 1. The first-order chi connectivity index (χ1) is 13.1. The summed E-state index contributed by atoms with van der Waals surface area (Å²) in [5.41, 5.74) is 1.80. The van der Waals surface area contributed by atoms with Crippen LogP contribution in [0.1, 0.15) is 55.7 Å². The molecule has 2 aromatic rings. The molecule has 0 saturated heterocycles. The van der Waals surface area contributed by atoms with E-state index in [-0.39, 0.29) is 11.8 Å². The summed E-state index contributed by atoms with van der Waals surface area (Å²) in [5.74, 6) is 0.731. The maximum atomic E-state index is 12.5. The van der Waals surface area contributed by atoms with Crippen LogP contribution in [0.25, 0.3) is 0 Å². The summed E-state index contributed by atoms with van der Waals surface area (Å²) in [6.07, 6.45) is 8.64. The zero-order chi connectivity index (χ0) is 19.1. The van der Waals surface area contributed by atoms with Gasteiger partial charge >= 0.3 is 0 Å². The Balaban J connectivity index is 1.67. The fourth-order valence-corrected chi connectivity index (χ4v) is 3.80. The average Bonchev–Trinajstić information content (AvgIpc) is 2.72. The van der Waals surface area contributed by atoms with Crippen LogP contribution in [0.4, 0.5) is 0 Å². The van der Waals surface area contributed by atoms with E-state index in [1.54, 1.807) is 6.20 Å². The Kier molecular flexibility index (Phi) is 6.82. The molecule has 1 fully saturated rings. The Hall–Kier alpha value is -2.40. The molecule has 0 radical (unpaired) electrons. The number of carbonyl (C=O) groups excluding carboxylic acids is 1. The molecular weight excluding hydrogens is 340 g/mol. The van der Waals surface area contributed by atoms with Crippen LogP contribution in [0.3, 0.4) is 0 Å². The molecule has 1 aromatic heterocycles. The van der Waals surface area contributed by atoms with Gasteiger partial charge < -0.3 is 4.74 Å². The van der Waals surface area contributed by atoms with Gasteiger partial charge in [-0.3, -0.25) is 15.0 Å². The molecule has 1 N–H and O–H groups in total. The number of nitrogens with zero attached hydrogens (tertiary/aromatic N) is 2. The van der Waals surface area contributed by atoms with Crippen LogP contribution in [0.2, 0.25) is 0 Å². The van der Waals surface area contributed by atoms with Crippen molar-refractivity contribution in [3.63, 3.8) is 0 Å². The quantitative estimate of drug-likeness (QED) is 0.575. The molecule has 5 nitrogen and oxygen atoms in total. The van der Waals surface area contributed by atoms with Crippen molar-refractivity contribution in [3.05, 3.63) is 59.9 Å². The zero-order valence-electron chi connectivity index (χ0n) is 15.9. The lowest BCUT2D eigenvalue weighted by molar-refractivity contribution is -0.161. The monoisotopic (exact) mass is 368 g/mol. The first-order valence-corrected chi connectivity index (χ1v) is 9.72. The third-order valence-corrected chi connectivity index (χ3v) is 5.31. The summed E-state index contributed by atoms with van der Waals surface area (Å²) in [6, 6.07) is 13.4. The number of amides is 1. The number of hydrogen-bond donors (Lipinski definition) is 1. The van der Waals surface area contributed by atoms with Crippen LogP contribution < -0.4 is 4.74 Å². The highest BCUT2D eigenvalue weighted by Crippen LogP contribution is 2.34. The van der Waals surface area contributed by atoms with Gasteiger partial charge in [0, 0.05) is 13.2 Å². The van der Waals surface area contributed by atoms with E-state index in [0.717, 1.165) is 28.5 Å². The molecule has 1 aromatic carbocycles. The lowest BCUT2D eigenvalue weighted by Gasteiger charge is -2.27. The summed E-state index contributed by atoms with van der Waals surface area (Å²) in [6.45, 7) is 0.407. The number of hydroxylamine groups is 2. The predicted molar refractivity (Wildman–Crippen MR) is 104 cm³/mol. The van der Waals surface area contributed by atoms with Gasteiger partial charge in [0.2, 0.25) is 0 Å². The van der Waals surface area contributed by atoms with Gasteiger partial charge in [-0.05, 0) is 42.2 Å². The van der Waals surface area contributed by atoms with Crippen molar-refractivity contribution in [2.24, 2.45) is 5.92 Å². The van der Waals surface area contributed by atoms with E-state index >= 15 is 0 Å². The third-order valence-electron chi connectivity index (χ3n) is 5.31. The second kappa shape index (κ2) is 9.51. The molecular formula is C22H28N2O3. The van der Waals surface area contributed by atoms with E-state index in [1.807, 2.05) is 42.5 Å². The maximum absolute atomic E-state index is 12.5.